The molecule has 0 unspecified atom stereocenters. The molecule has 0 aromatic carbocycles. The predicted octanol–water partition coefficient (Wildman–Crippen LogP) is 1.27. The van der Waals surface area contributed by atoms with Gasteiger partial charge in [-0.05, 0) is 12.5 Å². The number of amides is 1. The third kappa shape index (κ3) is 3.79. The number of carbonyl (C=O) groups excluding carboxylic acids is 1. The van der Waals surface area contributed by atoms with Gasteiger partial charge >= 0.3 is 0 Å². The molecule has 0 aliphatic heterocycles. The third-order valence-corrected chi connectivity index (χ3v) is 4.68. The lowest BCUT2D eigenvalue weighted by atomic mass is 10.2. The number of carbonyl (C=O) groups is 1. The topological polar surface area (TPSA) is 80.5 Å². The van der Waals surface area contributed by atoms with Crippen molar-refractivity contribution in [2.45, 2.75) is 24.0 Å². The maximum absolute atomic E-state index is 11.9. The van der Waals surface area contributed by atoms with E-state index in [1.807, 2.05) is 6.92 Å². The van der Waals surface area contributed by atoms with Gasteiger partial charge in [-0.1, -0.05) is 13.3 Å². The molecule has 0 fully saturated rings. The number of thiophene rings is 1. The van der Waals surface area contributed by atoms with Gasteiger partial charge in [-0.15, -0.1) is 11.3 Å². The van der Waals surface area contributed by atoms with Gasteiger partial charge in [0.15, 0.2) is 0 Å². The number of hydrogen-bond acceptors (Lipinski definition) is 4. The molecule has 1 amide bonds. The van der Waals surface area contributed by atoms with Gasteiger partial charge in [0.1, 0.15) is 4.21 Å². The monoisotopic (exact) mass is 276 g/mol. The molecule has 1 heterocycles. The lowest BCUT2D eigenvalue weighted by Crippen LogP contribution is -2.27. The molecule has 96 valence electrons. The Morgan fingerprint density at radius 3 is 2.65 bits per heavy atom. The van der Waals surface area contributed by atoms with Crippen LogP contribution in [-0.2, 0) is 10.0 Å². The average molecular weight is 276 g/mol. The van der Waals surface area contributed by atoms with Crippen LogP contribution in [0.5, 0.6) is 0 Å². The van der Waals surface area contributed by atoms with Crippen molar-refractivity contribution in [3.05, 3.63) is 17.0 Å². The fourth-order valence-corrected chi connectivity index (χ4v) is 2.87. The maximum atomic E-state index is 11.9. The van der Waals surface area contributed by atoms with Crippen molar-refractivity contribution in [3.8, 4) is 0 Å². The number of primary sulfonamides is 1. The minimum atomic E-state index is -3.71. The number of hydrogen-bond donors (Lipinski definition) is 1. The largest absolute Gasteiger partial charge is 0.342 e. The number of unbranched alkanes of at least 4 members (excludes halogenated alkanes) is 1. The summed E-state index contributed by atoms with van der Waals surface area (Å²) in [4.78, 5) is 13.5. The Labute approximate surface area is 105 Å². The van der Waals surface area contributed by atoms with Gasteiger partial charge in [-0.2, -0.15) is 0 Å². The molecule has 0 aliphatic rings. The molecular formula is C10H16N2O3S2. The van der Waals surface area contributed by atoms with Gasteiger partial charge in [0, 0.05) is 19.0 Å². The van der Waals surface area contributed by atoms with Crippen LogP contribution in [0.3, 0.4) is 0 Å². The second-order valence-electron chi connectivity index (χ2n) is 3.78. The highest BCUT2D eigenvalue weighted by Gasteiger charge is 2.17. The Bertz CT molecular complexity index is 493. The van der Waals surface area contributed by atoms with Crippen LogP contribution >= 0.6 is 11.3 Å². The predicted molar refractivity (Wildman–Crippen MR) is 67.6 cm³/mol. The third-order valence-electron chi connectivity index (χ3n) is 2.30. The quantitative estimate of drug-likeness (QED) is 0.879. The van der Waals surface area contributed by atoms with Crippen LogP contribution in [0.1, 0.15) is 30.1 Å². The highest BCUT2D eigenvalue weighted by Crippen LogP contribution is 2.19. The van der Waals surface area contributed by atoms with Crippen LogP contribution in [0.25, 0.3) is 0 Å². The number of nitrogens with zero attached hydrogens (tertiary/aromatic N) is 1. The van der Waals surface area contributed by atoms with Crippen molar-refractivity contribution in [2.75, 3.05) is 13.6 Å². The van der Waals surface area contributed by atoms with Gasteiger partial charge in [-0.3, -0.25) is 4.79 Å². The first kappa shape index (κ1) is 14.1. The van der Waals surface area contributed by atoms with Crippen LogP contribution in [0.2, 0.25) is 0 Å². The fraction of sp³-hybridized carbons (Fsp3) is 0.500. The smallest absolute Gasteiger partial charge is 0.254 e. The van der Waals surface area contributed by atoms with Crippen LogP contribution in [-0.4, -0.2) is 32.8 Å². The lowest BCUT2D eigenvalue weighted by molar-refractivity contribution is 0.0793. The molecule has 0 saturated carbocycles. The fourth-order valence-electron chi connectivity index (χ4n) is 1.30. The highest BCUT2D eigenvalue weighted by molar-refractivity contribution is 7.91. The first-order valence-electron chi connectivity index (χ1n) is 5.23. The summed E-state index contributed by atoms with van der Waals surface area (Å²) in [5.41, 5.74) is 0.373. The van der Waals surface area contributed by atoms with E-state index >= 15 is 0 Å². The summed E-state index contributed by atoms with van der Waals surface area (Å²) >= 11 is 0.966. The van der Waals surface area contributed by atoms with E-state index in [-0.39, 0.29) is 10.1 Å². The summed E-state index contributed by atoms with van der Waals surface area (Å²) in [7, 11) is -2.01. The molecule has 1 aromatic rings. The second kappa shape index (κ2) is 5.61. The van der Waals surface area contributed by atoms with Crippen molar-refractivity contribution in [1.82, 2.24) is 4.90 Å². The first-order chi connectivity index (χ1) is 7.86. The van der Waals surface area contributed by atoms with Crippen molar-refractivity contribution in [3.63, 3.8) is 0 Å². The molecular weight excluding hydrogens is 260 g/mol. The molecule has 0 bridgehead atoms. The number of nitrogens with two attached hydrogens (primary N) is 1. The van der Waals surface area contributed by atoms with E-state index < -0.39 is 10.0 Å². The minimum Gasteiger partial charge on any atom is -0.342 e. The van der Waals surface area contributed by atoms with Gasteiger partial charge < -0.3 is 4.90 Å². The van der Waals surface area contributed by atoms with E-state index in [9.17, 15) is 13.2 Å². The van der Waals surface area contributed by atoms with Crippen LogP contribution in [0.4, 0.5) is 0 Å². The van der Waals surface area contributed by atoms with Crippen LogP contribution in [0, 0.1) is 0 Å². The summed E-state index contributed by atoms with van der Waals surface area (Å²) in [5, 5.41) is 6.50. The van der Waals surface area contributed by atoms with Crippen LogP contribution in [0.15, 0.2) is 15.7 Å². The van der Waals surface area contributed by atoms with E-state index in [1.165, 1.54) is 11.4 Å². The molecule has 1 rings (SSSR count). The zero-order chi connectivity index (χ0) is 13.1. The number of sulfonamides is 1. The second-order valence-corrected chi connectivity index (χ2v) is 6.48. The Morgan fingerprint density at radius 2 is 2.18 bits per heavy atom. The molecule has 0 atom stereocenters. The molecule has 2 N–H and O–H groups in total. The molecule has 0 saturated heterocycles. The summed E-state index contributed by atoms with van der Waals surface area (Å²) in [6.07, 6.45) is 1.93. The molecule has 0 spiro atoms. The molecule has 1 aromatic heterocycles. The van der Waals surface area contributed by atoms with Gasteiger partial charge in [0.25, 0.3) is 5.91 Å². The Hall–Kier alpha value is -0.920. The normalized spacial score (nSPS) is 11.5. The van der Waals surface area contributed by atoms with E-state index in [4.69, 9.17) is 5.14 Å². The molecule has 5 nitrogen and oxygen atoms in total. The zero-order valence-corrected chi connectivity index (χ0v) is 11.5. The zero-order valence-electron chi connectivity index (χ0n) is 9.84. The molecule has 17 heavy (non-hydrogen) atoms. The standard InChI is InChI=1S/C10H16N2O3S2/c1-3-4-5-12(2)10(13)8-6-9(16-7-8)17(11,14)15/h6-7H,3-5H2,1-2H3,(H2,11,14,15). The van der Waals surface area contributed by atoms with E-state index in [1.54, 1.807) is 11.9 Å². The summed E-state index contributed by atoms with van der Waals surface area (Å²) < 4.78 is 22.2. The highest BCUT2D eigenvalue weighted by atomic mass is 32.2. The van der Waals surface area contributed by atoms with Gasteiger partial charge in [0.05, 0.1) is 5.56 Å². The van der Waals surface area contributed by atoms with Gasteiger partial charge in [-0.25, -0.2) is 13.6 Å². The van der Waals surface area contributed by atoms with Gasteiger partial charge in [0.2, 0.25) is 10.0 Å². The number of rotatable bonds is 5. The first-order valence-corrected chi connectivity index (χ1v) is 7.65. The van der Waals surface area contributed by atoms with E-state index in [0.29, 0.717) is 12.1 Å². The van der Waals surface area contributed by atoms with Crippen molar-refractivity contribution >= 4 is 27.3 Å². The van der Waals surface area contributed by atoms with Crippen LogP contribution < -0.4 is 5.14 Å². The summed E-state index contributed by atoms with van der Waals surface area (Å²) in [6, 6.07) is 1.32. The summed E-state index contributed by atoms with van der Waals surface area (Å²) in [6.45, 7) is 2.71. The summed E-state index contributed by atoms with van der Waals surface area (Å²) in [5.74, 6) is -0.176. The van der Waals surface area contributed by atoms with Crippen molar-refractivity contribution < 1.29 is 13.2 Å². The Morgan fingerprint density at radius 1 is 1.53 bits per heavy atom. The Kier molecular flexibility index (Phi) is 4.67. The van der Waals surface area contributed by atoms with E-state index in [0.717, 1.165) is 24.2 Å². The SMILES string of the molecule is CCCCN(C)C(=O)c1csc(S(N)(=O)=O)c1. The lowest BCUT2D eigenvalue weighted by Gasteiger charge is -2.15. The maximum Gasteiger partial charge on any atom is 0.254 e. The molecule has 7 heteroatoms. The minimum absolute atomic E-state index is 0.0183. The van der Waals surface area contributed by atoms with Crippen molar-refractivity contribution in [2.24, 2.45) is 5.14 Å². The Balaban J connectivity index is 2.80. The molecule has 0 radical (unpaired) electrons. The molecule has 0 aliphatic carbocycles. The van der Waals surface area contributed by atoms with E-state index in [2.05, 4.69) is 0 Å². The average Bonchev–Trinajstić information content (AvgIpc) is 2.73. The van der Waals surface area contributed by atoms with Crippen molar-refractivity contribution in [1.29, 1.82) is 0 Å².